The first-order valence-corrected chi connectivity index (χ1v) is 10.2. The summed E-state index contributed by atoms with van der Waals surface area (Å²) in [6, 6.07) is 0. The van der Waals surface area contributed by atoms with Gasteiger partial charge in [0.25, 0.3) is 11.8 Å². The average molecular weight is 529 g/mol. The van der Waals surface area contributed by atoms with Crippen molar-refractivity contribution in [2.24, 2.45) is 21.5 Å². The average Bonchev–Trinajstić information content (AvgIpc) is 2.77. The molecule has 0 saturated carbocycles. The topological polar surface area (TPSA) is 300 Å². The highest BCUT2D eigenvalue weighted by atomic mass is 35.5. The molecule has 2 aromatic rings. The first-order valence-electron chi connectivity index (χ1n) is 9.46. The fourth-order valence-corrected chi connectivity index (χ4v) is 2.46. The zero-order valence-electron chi connectivity index (χ0n) is 18.0. The number of aromatic nitrogens is 4. The molecule has 2 amide bonds. The van der Waals surface area contributed by atoms with E-state index in [1.807, 2.05) is 0 Å². The molecule has 0 radical (unpaired) electrons. The molecule has 2 rings (SSSR count). The maximum absolute atomic E-state index is 12.1. The summed E-state index contributed by atoms with van der Waals surface area (Å²) < 4.78 is 5.31. The van der Waals surface area contributed by atoms with Gasteiger partial charge in [0.1, 0.15) is 0 Å². The quantitative estimate of drug-likeness (QED) is 0.102. The highest BCUT2D eigenvalue weighted by Gasteiger charge is 2.17. The summed E-state index contributed by atoms with van der Waals surface area (Å²) >= 11 is 11.5. The molecule has 14 N–H and O–H groups in total. The van der Waals surface area contributed by atoms with Crippen LogP contribution in [0.25, 0.3) is 0 Å². The third-order valence-corrected chi connectivity index (χ3v) is 4.31. The van der Waals surface area contributed by atoms with E-state index in [0.29, 0.717) is 0 Å². The monoisotopic (exact) mass is 528 g/mol. The Hall–Kier alpha value is -4.22. The molecule has 0 aliphatic rings. The van der Waals surface area contributed by atoms with Crippen molar-refractivity contribution < 1.29 is 14.3 Å². The normalized spacial score (nSPS) is 11.8. The highest BCUT2D eigenvalue weighted by Crippen LogP contribution is 2.18. The Morgan fingerprint density at radius 3 is 1.46 bits per heavy atom. The number of rotatable bonds is 8. The van der Waals surface area contributed by atoms with Crippen molar-refractivity contribution in [1.82, 2.24) is 30.6 Å². The summed E-state index contributed by atoms with van der Waals surface area (Å²) in [6.45, 7) is 0.511. The third kappa shape index (κ3) is 7.95. The minimum absolute atomic E-state index is 0.112. The lowest BCUT2D eigenvalue weighted by atomic mass is 10.4. The van der Waals surface area contributed by atoms with Crippen LogP contribution in [0.3, 0.4) is 0 Å². The van der Waals surface area contributed by atoms with Crippen LogP contribution in [0.4, 0.5) is 23.3 Å². The van der Waals surface area contributed by atoms with Gasteiger partial charge in [-0.3, -0.25) is 30.2 Å². The summed E-state index contributed by atoms with van der Waals surface area (Å²) in [7, 11) is 0. The molecule has 0 saturated heterocycles. The van der Waals surface area contributed by atoms with Gasteiger partial charge in [0, 0.05) is 0 Å². The maximum Gasteiger partial charge on any atom is 0.280 e. The Bertz CT molecular complexity index is 1080. The number of nitrogens with one attached hydrogen (secondary N) is 2. The van der Waals surface area contributed by atoms with Crippen molar-refractivity contribution in [3.05, 3.63) is 21.7 Å². The molecular weight excluding hydrogens is 507 g/mol. The number of guanidine groups is 2. The first kappa shape index (κ1) is 27.0. The number of aliphatic imine (C=N–C) groups is 2. The van der Waals surface area contributed by atoms with Gasteiger partial charge in [0.2, 0.25) is 0 Å². The molecule has 0 fully saturated rings. The zero-order chi connectivity index (χ0) is 26.1. The number of carbonyl (C=O) groups is 2. The number of halogens is 2. The van der Waals surface area contributed by atoms with E-state index >= 15 is 0 Å². The van der Waals surface area contributed by atoms with E-state index in [4.69, 9.17) is 62.3 Å². The second-order valence-electron chi connectivity index (χ2n) is 6.32. The third-order valence-electron chi connectivity index (χ3n) is 3.76. The van der Waals surface area contributed by atoms with Crippen LogP contribution in [0.15, 0.2) is 9.98 Å². The molecule has 0 aliphatic heterocycles. The highest BCUT2D eigenvalue weighted by molar-refractivity contribution is 6.32. The molecule has 0 atom stereocenters. The fourth-order valence-electron chi connectivity index (χ4n) is 2.21. The lowest BCUT2D eigenvalue weighted by Crippen LogP contribution is -2.38. The summed E-state index contributed by atoms with van der Waals surface area (Å²) in [5.74, 6) is -2.60. The minimum Gasteiger partial charge on any atom is -0.382 e. The Balaban J connectivity index is 1.72. The van der Waals surface area contributed by atoms with Crippen molar-refractivity contribution in [3.63, 3.8) is 0 Å². The van der Waals surface area contributed by atoms with Crippen LogP contribution < -0.4 is 45.0 Å². The number of anilines is 4. The molecule has 0 unspecified atom stereocenters. The Labute approximate surface area is 207 Å². The van der Waals surface area contributed by atoms with Crippen LogP contribution in [0, 0.1) is 0 Å². The van der Waals surface area contributed by atoms with Gasteiger partial charge in [0.15, 0.2) is 56.9 Å². The lowest BCUT2D eigenvalue weighted by molar-refractivity contribution is 0.0964. The van der Waals surface area contributed by atoms with E-state index in [-0.39, 0.29) is 83.2 Å². The number of nitrogens with zero attached hydrogens (tertiary/aromatic N) is 6. The summed E-state index contributed by atoms with van der Waals surface area (Å²) in [5.41, 5.74) is 32.9. The van der Waals surface area contributed by atoms with Gasteiger partial charge in [-0.1, -0.05) is 23.2 Å². The van der Waals surface area contributed by atoms with Crippen molar-refractivity contribution >= 4 is 70.2 Å². The predicted molar refractivity (Wildman–Crippen MR) is 130 cm³/mol. The smallest absolute Gasteiger partial charge is 0.280 e. The van der Waals surface area contributed by atoms with Crippen LogP contribution in [0.1, 0.15) is 21.0 Å². The van der Waals surface area contributed by atoms with Crippen LogP contribution in [-0.4, -0.2) is 70.0 Å². The number of nitrogen functional groups attached to an aromatic ring is 4. The van der Waals surface area contributed by atoms with Crippen molar-refractivity contribution in [2.75, 3.05) is 49.2 Å². The van der Waals surface area contributed by atoms with E-state index in [9.17, 15) is 9.59 Å². The first-order chi connectivity index (χ1) is 16.5. The van der Waals surface area contributed by atoms with Gasteiger partial charge in [-0.15, -0.1) is 0 Å². The molecule has 17 nitrogen and oxygen atoms in total. The summed E-state index contributed by atoms with van der Waals surface area (Å²) in [4.78, 5) is 47.0. The predicted octanol–water partition coefficient (Wildman–Crippen LogP) is -2.29. The van der Waals surface area contributed by atoms with E-state index in [1.165, 1.54) is 0 Å². The number of hydrogen-bond acceptors (Lipinski definition) is 13. The van der Waals surface area contributed by atoms with Gasteiger partial charge in [-0.05, 0) is 0 Å². The van der Waals surface area contributed by atoms with Crippen molar-refractivity contribution in [1.29, 1.82) is 0 Å². The van der Waals surface area contributed by atoms with E-state index < -0.39 is 11.8 Å². The molecule has 188 valence electrons. The van der Waals surface area contributed by atoms with Gasteiger partial charge in [-0.25, -0.2) is 19.9 Å². The Morgan fingerprint density at radius 2 is 1.09 bits per heavy atom. The minimum atomic E-state index is -0.764. The van der Waals surface area contributed by atoms with Crippen LogP contribution >= 0.6 is 23.2 Å². The van der Waals surface area contributed by atoms with Gasteiger partial charge in [0.05, 0.1) is 26.3 Å². The molecule has 0 aromatic carbocycles. The zero-order valence-corrected chi connectivity index (χ0v) is 19.5. The summed E-state index contributed by atoms with van der Waals surface area (Å²) in [6.07, 6.45) is 0. The van der Waals surface area contributed by atoms with Gasteiger partial charge >= 0.3 is 0 Å². The second-order valence-corrected chi connectivity index (χ2v) is 7.04. The van der Waals surface area contributed by atoms with Crippen LogP contribution in [-0.2, 0) is 4.74 Å². The molecule has 0 bridgehead atoms. The summed E-state index contributed by atoms with van der Waals surface area (Å²) in [5, 5.41) is 4.21. The van der Waals surface area contributed by atoms with Crippen molar-refractivity contribution in [2.45, 2.75) is 0 Å². The molecule has 0 spiro atoms. The SMILES string of the molecule is NC(=NCCOCCN=C(N)NC(=O)c1nc(Cl)c(N)nc1N)NC(=O)c1nc(Cl)c(N)nc1N. The largest absolute Gasteiger partial charge is 0.382 e. The Kier molecular flexibility index (Phi) is 9.50. The number of nitrogens with two attached hydrogens (primary N) is 6. The number of ether oxygens (including phenoxy) is 1. The number of hydrogen-bond donors (Lipinski definition) is 8. The van der Waals surface area contributed by atoms with E-state index in [2.05, 4.69) is 40.6 Å². The number of amides is 2. The standard InChI is InChI=1S/C16H22Cl2N14O3/c17-7-11(21)29-9(19)5(27-7)13(33)31-15(23)25-1-3-35-4-2-26-16(24)32-14(34)6-10(20)30-12(22)8(18)28-6/h1-4H2,(H4,19,21,29)(H4,20,22,30)(H3,23,25,31,33)(H3,24,26,32,34). The Morgan fingerprint density at radius 1 is 0.714 bits per heavy atom. The molecule has 2 heterocycles. The van der Waals surface area contributed by atoms with Crippen LogP contribution in [0.5, 0.6) is 0 Å². The van der Waals surface area contributed by atoms with Gasteiger partial charge in [-0.2, -0.15) is 0 Å². The molecule has 35 heavy (non-hydrogen) atoms. The molecular formula is C16H22Cl2N14O3. The molecule has 2 aromatic heterocycles. The van der Waals surface area contributed by atoms with Crippen LogP contribution in [0.2, 0.25) is 10.3 Å². The lowest BCUT2D eigenvalue weighted by Gasteiger charge is -2.08. The number of carbonyl (C=O) groups excluding carboxylic acids is 2. The molecule has 19 heteroatoms. The second kappa shape index (κ2) is 12.3. The van der Waals surface area contributed by atoms with Crippen molar-refractivity contribution in [3.8, 4) is 0 Å². The van der Waals surface area contributed by atoms with Gasteiger partial charge < -0.3 is 39.1 Å². The van der Waals surface area contributed by atoms with E-state index in [0.717, 1.165) is 0 Å². The maximum atomic E-state index is 12.1. The fraction of sp³-hybridized carbons (Fsp3) is 0.250. The molecule has 0 aliphatic carbocycles. The van der Waals surface area contributed by atoms with E-state index in [1.54, 1.807) is 0 Å².